The molecule has 1 N–H and O–H groups in total. The van der Waals surface area contributed by atoms with Crippen molar-refractivity contribution in [3.8, 4) is 0 Å². The van der Waals surface area contributed by atoms with Gasteiger partial charge in [0.1, 0.15) is 0 Å². The molecule has 0 aliphatic carbocycles. The zero-order chi connectivity index (χ0) is 15.4. The molecule has 0 radical (unpaired) electrons. The van der Waals surface area contributed by atoms with Crippen molar-refractivity contribution in [3.05, 3.63) is 71.5 Å². The minimum atomic E-state index is 0.969. The molecule has 110 valence electrons. The summed E-state index contributed by atoms with van der Waals surface area (Å²) >= 11 is 1.70. The van der Waals surface area contributed by atoms with Gasteiger partial charge in [0, 0.05) is 16.8 Å². The smallest absolute Gasteiger partial charge is 0.0769 e. The summed E-state index contributed by atoms with van der Waals surface area (Å²) < 4.78 is 0. The quantitative estimate of drug-likeness (QED) is 0.694. The van der Waals surface area contributed by atoms with E-state index in [1.165, 1.54) is 4.90 Å². The fourth-order valence-corrected chi connectivity index (χ4v) is 3.12. The molecule has 0 amide bonds. The number of rotatable bonds is 4. The van der Waals surface area contributed by atoms with E-state index in [9.17, 15) is 0 Å². The van der Waals surface area contributed by atoms with Gasteiger partial charge in [0.15, 0.2) is 0 Å². The highest BCUT2D eigenvalue weighted by Gasteiger charge is 2.10. The van der Waals surface area contributed by atoms with E-state index in [0.29, 0.717) is 0 Å². The Bertz CT molecular complexity index is 772. The Morgan fingerprint density at radius 1 is 1.00 bits per heavy atom. The minimum Gasteiger partial charge on any atom is -0.281 e. The number of hydrogen-bond donors (Lipinski definition) is 1. The van der Waals surface area contributed by atoms with Crippen LogP contribution in [0.1, 0.15) is 17.0 Å². The van der Waals surface area contributed by atoms with E-state index in [1.807, 2.05) is 68.6 Å². The molecule has 3 aromatic rings. The van der Waals surface area contributed by atoms with Crippen LogP contribution in [0.15, 0.2) is 69.4 Å². The number of aliphatic imine (C=N–C) groups is 1. The summed E-state index contributed by atoms with van der Waals surface area (Å²) in [6.07, 6.45) is 1.90. The summed E-state index contributed by atoms with van der Waals surface area (Å²) in [5, 5.41) is 7.28. The van der Waals surface area contributed by atoms with Gasteiger partial charge in [-0.25, -0.2) is 0 Å². The lowest BCUT2D eigenvalue weighted by atomic mass is 10.2. The van der Waals surface area contributed by atoms with Crippen LogP contribution in [0.4, 0.5) is 5.69 Å². The Morgan fingerprint density at radius 3 is 2.45 bits per heavy atom. The summed E-state index contributed by atoms with van der Waals surface area (Å²) in [6, 6.07) is 18.3. The molecule has 0 aliphatic rings. The second kappa shape index (κ2) is 6.62. The van der Waals surface area contributed by atoms with Crippen LogP contribution in [-0.2, 0) is 0 Å². The lowest BCUT2D eigenvalue weighted by Crippen LogP contribution is -1.81. The summed E-state index contributed by atoms with van der Waals surface area (Å²) in [5.74, 6) is 0. The lowest BCUT2D eigenvalue weighted by Gasteiger charge is -2.05. The van der Waals surface area contributed by atoms with Crippen LogP contribution in [0.25, 0.3) is 0 Å². The second-order valence-electron chi connectivity index (χ2n) is 5.00. The third-order valence-electron chi connectivity index (χ3n) is 3.29. The van der Waals surface area contributed by atoms with Crippen LogP contribution in [0.2, 0.25) is 0 Å². The summed E-state index contributed by atoms with van der Waals surface area (Å²) in [6.45, 7) is 4.06. The van der Waals surface area contributed by atoms with Crippen LogP contribution in [0.3, 0.4) is 0 Å². The monoisotopic (exact) mass is 307 g/mol. The maximum Gasteiger partial charge on any atom is 0.0769 e. The summed E-state index contributed by atoms with van der Waals surface area (Å²) in [4.78, 5) is 6.94. The van der Waals surface area contributed by atoms with Crippen LogP contribution in [-0.4, -0.2) is 16.4 Å². The maximum atomic E-state index is 4.64. The standard InChI is InChI=1S/C18H17N3S/c1-13-18(14(2)21-20-13)22-17-11-7-6-10-16(17)19-12-15-8-4-3-5-9-15/h3-12H,1-2H3,(H,20,21). The number of nitrogens with zero attached hydrogens (tertiary/aromatic N) is 2. The number of para-hydroxylation sites is 1. The summed E-state index contributed by atoms with van der Waals surface area (Å²) in [5.41, 5.74) is 4.17. The Kier molecular flexibility index (Phi) is 4.39. The van der Waals surface area contributed by atoms with Crippen molar-refractivity contribution in [1.29, 1.82) is 0 Å². The van der Waals surface area contributed by atoms with Gasteiger partial charge in [-0.3, -0.25) is 10.1 Å². The van der Waals surface area contributed by atoms with E-state index in [2.05, 4.69) is 21.3 Å². The topological polar surface area (TPSA) is 41.0 Å². The number of H-pyrrole nitrogens is 1. The Hall–Kier alpha value is -2.33. The molecule has 0 spiro atoms. The molecule has 0 unspecified atom stereocenters. The average molecular weight is 307 g/mol. The SMILES string of the molecule is Cc1n[nH]c(C)c1Sc1ccccc1N=Cc1ccccc1. The molecule has 4 heteroatoms. The van der Waals surface area contributed by atoms with E-state index < -0.39 is 0 Å². The lowest BCUT2D eigenvalue weighted by molar-refractivity contribution is 1.02. The van der Waals surface area contributed by atoms with E-state index in [0.717, 1.165) is 27.5 Å². The van der Waals surface area contributed by atoms with Crippen LogP contribution in [0.5, 0.6) is 0 Å². The molecule has 0 aliphatic heterocycles. The van der Waals surface area contributed by atoms with Gasteiger partial charge < -0.3 is 0 Å². The first-order valence-electron chi connectivity index (χ1n) is 7.11. The molecule has 1 aromatic heterocycles. The molecule has 0 bridgehead atoms. The third-order valence-corrected chi connectivity index (χ3v) is 4.66. The van der Waals surface area contributed by atoms with Crippen molar-refractivity contribution < 1.29 is 0 Å². The molecule has 0 fully saturated rings. The molecule has 2 aromatic carbocycles. The predicted molar refractivity (Wildman–Crippen MR) is 92.3 cm³/mol. The fourth-order valence-electron chi connectivity index (χ4n) is 2.13. The number of aromatic amines is 1. The van der Waals surface area contributed by atoms with Gasteiger partial charge in [-0.05, 0) is 31.5 Å². The average Bonchev–Trinajstić information content (AvgIpc) is 2.87. The van der Waals surface area contributed by atoms with E-state index in [-0.39, 0.29) is 0 Å². The number of hydrogen-bond acceptors (Lipinski definition) is 3. The molecule has 3 nitrogen and oxygen atoms in total. The molecule has 0 saturated heterocycles. The van der Waals surface area contributed by atoms with Gasteiger partial charge in [-0.2, -0.15) is 5.10 Å². The second-order valence-corrected chi connectivity index (χ2v) is 6.05. The van der Waals surface area contributed by atoms with Crippen molar-refractivity contribution in [2.24, 2.45) is 4.99 Å². The van der Waals surface area contributed by atoms with Crippen LogP contribution in [0, 0.1) is 13.8 Å². The van der Waals surface area contributed by atoms with Crippen molar-refractivity contribution >= 4 is 23.7 Å². The summed E-state index contributed by atoms with van der Waals surface area (Å²) in [7, 11) is 0. The first-order chi connectivity index (χ1) is 10.7. The van der Waals surface area contributed by atoms with E-state index in [4.69, 9.17) is 0 Å². The van der Waals surface area contributed by atoms with E-state index in [1.54, 1.807) is 11.8 Å². The maximum absolute atomic E-state index is 4.64. The van der Waals surface area contributed by atoms with Gasteiger partial charge >= 0.3 is 0 Å². The first kappa shape index (κ1) is 14.6. The molecule has 1 heterocycles. The Morgan fingerprint density at radius 2 is 1.73 bits per heavy atom. The third kappa shape index (κ3) is 3.28. The van der Waals surface area contributed by atoms with Crippen molar-refractivity contribution in [1.82, 2.24) is 10.2 Å². The number of aromatic nitrogens is 2. The van der Waals surface area contributed by atoms with Crippen molar-refractivity contribution in [2.75, 3.05) is 0 Å². The molecule has 22 heavy (non-hydrogen) atoms. The first-order valence-corrected chi connectivity index (χ1v) is 7.93. The molecule has 0 atom stereocenters. The molecular formula is C18H17N3S. The molecule has 3 rings (SSSR count). The molecular weight excluding hydrogens is 290 g/mol. The van der Waals surface area contributed by atoms with Crippen molar-refractivity contribution in [3.63, 3.8) is 0 Å². The van der Waals surface area contributed by atoms with Gasteiger partial charge in [-0.15, -0.1) is 0 Å². The Balaban J connectivity index is 1.89. The minimum absolute atomic E-state index is 0.969. The number of nitrogens with one attached hydrogen (secondary N) is 1. The number of benzene rings is 2. The fraction of sp³-hybridized carbons (Fsp3) is 0.111. The van der Waals surface area contributed by atoms with Gasteiger partial charge in [-0.1, -0.05) is 54.2 Å². The normalized spacial score (nSPS) is 11.2. The van der Waals surface area contributed by atoms with Gasteiger partial charge in [0.05, 0.1) is 16.3 Å². The Labute approximate surface area is 134 Å². The van der Waals surface area contributed by atoms with Crippen LogP contribution >= 0.6 is 11.8 Å². The highest BCUT2D eigenvalue weighted by Crippen LogP contribution is 2.37. The van der Waals surface area contributed by atoms with Crippen LogP contribution < -0.4 is 0 Å². The van der Waals surface area contributed by atoms with Crippen molar-refractivity contribution in [2.45, 2.75) is 23.6 Å². The predicted octanol–water partition coefficient (Wildman–Crippen LogP) is 4.93. The molecule has 0 saturated carbocycles. The zero-order valence-corrected chi connectivity index (χ0v) is 13.4. The highest BCUT2D eigenvalue weighted by molar-refractivity contribution is 7.99. The zero-order valence-electron chi connectivity index (χ0n) is 12.6. The largest absolute Gasteiger partial charge is 0.281 e. The van der Waals surface area contributed by atoms with Gasteiger partial charge in [0.2, 0.25) is 0 Å². The number of aryl methyl sites for hydroxylation is 2. The highest BCUT2D eigenvalue weighted by atomic mass is 32.2. The van der Waals surface area contributed by atoms with Gasteiger partial charge in [0.25, 0.3) is 0 Å². The van der Waals surface area contributed by atoms with E-state index >= 15 is 0 Å².